The second-order valence-corrected chi connectivity index (χ2v) is 4.64. The van der Waals surface area contributed by atoms with Crippen LogP contribution in [0.1, 0.15) is 33.6 Å². The van der Waals surface area contributed by atoms with E-state index in [1.54, 1.807) is 0 Å². The van der Waals surface area contributed by atoms with Crippen molar-refractivity contribution in [3.05, 3.63) is 0 Å². The molecule has 4 nitrogen and oxygen atoms in total. The monoisotopic (exact) mass is 228 g/mol. The van der Waals surface area contributed by atoms with Gasteiger partial charge in [-0.25, -0.2) is 0 Å². The average molecular weight is 228 g/mol. The van der Waals surface area contributed by atoms with Gasteiger partial charge in [-0.15, -0.1) is 0 Å². The van der Waals surface area contributed by atoms with Gasteiger partial charge in [-0.2, -0.15) is 0 Å². The SMILES string of the molecule is CCNC1CC(C(C)O)CN(C(=O)CC)C1. The van der Waals surface area contributed by atoms with E-state index in [2.05, 4.69) is 12.2 Å². The van der Waals surface area contributed by atoms with Gasteiger partial charge in [0.2, 0.25) is 5.91 Å². The molecule has 0 radical (unpaired) electrons. The molecule has 1 aliphatic rings. The molecule has 1 fully saturated rings. The van der Waals surface area contributed by atoms with E-state index < -0.39 is 0 Å². The molecule has 0 aliphatic carbocycles. The molecule has 1 amide bonds. The molecule has 0 spiro atoms. The van der Waals surface area contributed by atoms with E-state index >= 15 is 0 Å². The number of likely N-dealkylation sites (tertiary alicyclic amines) is 1. The maximum Gasteiger partial charge on any atom is 0.222 e. The van der Waals surface area contributed by atoms with E-state index in [-0.39, 0.29) is 17.9 Å². The Kier molecular flexibility index (Phi) is 5.22. The normalized spacial score (nSPS) is 27.9. The molecular weight excluding hydrogens is 204 g/mol. The molecule has 0 aromatic heterocycles. The molecule has 0 saturated carbocycles. The van der Waals surface area contributed by atoms with E-state index in [1.165, 1.54) is 0 Å². The van der Waals surface area contributed by atoms with Crippen molar-refractivity contribution in [2.75, 3.05) is 19.6 Å². The second kappa shape index (κ2) is 6.21. The number of aliphatic hydroxyl groups is 1. The second-order valence-electron chi connectivity index (χ2n) is 4.64. The molecule has 3 atom stereocenters. The molecule has 4 heteroatoms. The van der Waals surface area contributed by atoms with Crippen LogP contribution in [0.5, 0.6) is 0 Å². The highest BCUT2D eigenvalue weighted by atomic mass is 16.3. The van der Waals surface area contributed by atoms with Gasteiger partial charge < -0.3 is 15.3 Å². The third-order valence-corrected chi connectivity index (χ3v) is 3.31. The molecular formula is C12H24N2O2. The van der Waals surface area contributed by atoms with E-state index in [9.17, 15) is 9.90 Å². The summed E-state index contributed by atoms with van der Waals surface area (Å²) in [7, 11) is 0. The van der Waals surface area contributed by atoms with E-state index in [0.717, 1.165) is 19.5 Å². The van der Waals surface area contributed by atoms with Gasteiger partial charge in [0, 0.05) is 31.5 Å². The standard InChI is InChI=1S/C12H24N2O2/c1-4-12(16)14-7-10(9(3)15)6-11(8-14)13-5-2/h9-11,13,15H,4-8H2,1-3H3. The molecule has 1 aliphatic heterocycles. The van der Waals surface area contributed by atoms with Crippen LogP contribution < -0.4 is 5.32 Å². The summed E-state index contributed by atoms with van der Waals surface area (Å²) in [6.07, 6.45) is 1.17. The first-order valence-corrected chi connectivity index (χ1v) is 6.27. The molecule has 1 saturated heterocycles. The first-order valence-electron chi connectivity index (χ1n) is 6.27. The van der Waals surface area contributed by atoms with Gasteiger partial charge in [-0.3, -0.25) is 4.79 Å². The topological polar surface area (TPSA) is 52.6 Å². The summed E-state index contributed by atoms with van der Waals surface area (Å²) in [5.74, 6) is 0.390. The Morgan fingerprint density at radius 3 is 2.69 bits per heavy atom. The number of likely N-dealkylation sites (N-methyl/N-ethyl adjacent to an activating group) is 1. The van der Waals surface area contributed by atoms with Crippen LogP contribution in [0.15, 0.2) is 0 Å². The first-order chi connectivity index (χ1) is 7.58. The van der Waals surface area contributed by atoms with Crippen LogP contribution in [0.3, 0.4) is 0 Å². The zero-order valence-electron chi connectivity index (χ0n) is 10.6. The number of carbonyl (C=O) groups excluding carboxylic acids is 1. The van der Waals surface area contributed by atoms with Gasteiger partial charge in [-0.05, 0) is 19.9 Å². The summed E-state index contributed by atoms with van der Waals surface area (Å²) >= 11 is 0. The van der Waals surface area contributed by atoms with Crippen LogP contribution in [-0.2, 0) is 4.79 Å². The molecule has 0 aromatic carbocycles. The number of amides is 1. The van der Waals surface area contributed by atoms with Gasteiger partial charge >= 0.3 is 0 Å². The van der Waals surface area contributed by atoms with Crippen molar-refractivity contribution in [3.8, 4) is 0 Å². The number of aliphatic hydroxyl groups excluding tert-OH is 1. The summed E-state index contributed by atoms with van der Waals surface area (Å²) in [4.78, 5) is 13.6. The Balaban J connectivity index is 2.62. The zero-order valence-corrected chi connectivity index (χ0v) is 10.6. The predicted octanol–water partition coefficient (Wildman–Crippen LogP) is 0.604. The van der Waals surface area contributed by atoms with Crippen molar-refractivity contribution in [3.63, 3.8) is 0 Å². The summed E-state index contributed by atoms with van der Waals surface area (Å²) in [6, 6.07) is 0.328. The number of nitrogens with one attached hydrogen (secondary N) is 1. The van der Waals surface area contributed by atoms with Crippen LogP contribution in [0.25, 0.3) is 0 Å². The van der Waals surface area contributed by atoms with Gasteiger partial charge in [0.05, 0.1) is 6.10 Å². The third-order valence-electron chi connectivity index (χ3n) is 3.31. The number of carbonyl (C=O) groups is 1. The molecule has 0 aromatic rings. The van der Waals surface area contributed by atoms with E-state index in [1.807, 2.05) is 18.7 Å². The Morgan fingerprint density at radius 2 is 2.19 bits per heavy atom. The Hall–Kier alpha value is -0.610. The first kappa shape index (κ1) is 13.5. The van der Waals surface area contributed by atoms with E-state index in [4.69, 9.17) is 0 Å². The van der Waals surface area contributed by atoms with Crippen LogP contribution >= 0.6 is 0 Å². The zero-order chi connectivity index (χ0) is 12.1. The van der Waals surface area contributed by atoms with E-state index in [0.29, 0.717) is 19.0 Å². The largest absolute Gasteiger partial charge is 0.393 e. The number of rotatable bonds is 4. The summed E-state index contributed by atoms with van der Waals surface area (Å²) in [6.45, 7) is 8.16. The van der Waals surface area contributed by atoms with Crippen molar-refractivity contribution in [1.82, 2.24) is 10.2 Å². The molecule has 0 bridgehead atoms. The lowest BCUT2D eigenvalue weighted by molar-refractivity contribution is -0.134. The van der Waals surface area contributed by atoms with Gasteiger partial charge in [0.25, 0.3) is 0 Å². The van der Waals surface area contributed by atoms with Crippen molar-refractivity contribution in [2.24, 2.45) is 5.92 Å². The highest BCUT2D eigenvalue weighted by molar-refractivity contribution is 5.76. The van der Waals surface area contributed by atoms with Gasteiger partial charge in [-0.1, -0.05) is 13.8 Å². The predicted molar refractivity (Wildman–Crippen MR) is 64.1 cm³/mol. The molecule has 3 unspecified atom stereocenters. The van der Waals surface area contributed by atoms with Crippen LogP contribution in [0.2, 0.25) is 0 Å². The third kappa shape index (κ3) is 3.46. The summed E-state index contributed by atoms with van der Waals surface area (Å²) in [5.41, 5.74) is 0. The highest BCUT2D eigenvalue weighted by Gasteiger charge is 2.31. The minimum atomic E-state index is -0.339. The quantitative estimate of drug-likeness (QED) is 0.741. The van der Waals surface area contributed by atoms with Crippen LogP contribution in [-0.4, -0.2) is 47.7 Å². The van der Waals surface area contributed by atoms with Crippen molar-refractivity contribution < 1.29 is 9.90 Å². The highest BCUT2D eigenvalue weighted by Crippen LogP contribution is 2.20. The lowest BCUT2D eigenvalue weighted by Crippen LogP contribution is -2.53. The lowest BCUT2D eigenvalue weighted by atomic mass is 9.90. The van der Waals surface area contributed by atoms with Crippen molar-refractivity contribution >= 4 is 5.91 Å². The average Bonchev–Trinajstić information content (AvgIpc) is 2.28. The Labute approximate surface area is 98.0 Å². The van der Waals surface area contributed by atoms with Gasteiger partial charge in [0.1, 0.15) is 0 Å². The Morgan fingerprint density at radius 1 is 1.50 bits per heavy atom. The van der Waals surface area contributed by atoms with Gasteiger partial charge in [0.15, 0.2) is 0 Å². The molecule has 1 rings (SSSR count). The number of nitrogens with zero attached hydrogens (tertiary/aromatic N) is 1. The van der Waals surface area contributed by atoms with Crippen LogP contribution in [0.4, 0.5) is 0 Å². The number of piperidine rings is 1. The smallest absolute Gasteiger partial charge is 0.222 e. The summed E-state index contributed by atoms with van der Waals surface area (Å²) in [5, 5.41) is 13.0. The molecule has 16 heavy (non-hydrogen) atoms. The molecule has 94 valence electrons. The summed E-state index contributed by atoms with van der Waals surface area (Å²) < 4.78 is 0. The fourth-order valence-electron chi connectivity index (χ4n) is 2.35. The van der Waals surface area contributed by atoms with Crippen LogP contribution in [0, 0.1) is 5.92 Å². The maximum absolute atomic E-state index is 11.7. The lowest BCUT2D eigenvalue weighted by Gasteiger charge is -2.39. The molecule has 2 N–H and O–H groups in total. The van der Waals surface area contributed by atoms with Crippen molar-refractivity contribution in [2.45, 2.75) is 45.8 Å². The molecule has 1 heterocycles. The number of hydrogen-bond donors (Lipinski definition) is 2. The van der Waals surface area contributed by atoms with Crippen molar-refractivity contribution in [1.29, 1.82) is 0 Å². The fraction of sp³-hybridized carbons (Fsp3) is 0.917. The minimum absolute atomic E-state index is 0.188. The fourth-order valence-corrected chi connectivity index (χ4v) is 2.35. The Bertz CT molecular complexity index is 231. The minimum Gasteiger partial charge on any atom is -0.393 e. The maximum atomic E-state index is 11.7. The number of hydrogen-bond acceptors (Lipinski definition) is 3.